The van der Waals surface area contributed by atoms with Gasteiger partial charge in [0.15, 0.2) is 11.6 Å². The Bertz CT molecular complexity index is 928. The summed E-state index contributed by atoms with van der Waals surface area (Å²) in [5.74, 6) is -0.678. The highest BCUT2D eigenvalue weighted by atomic mass is 35.5. The second-order valence-electron chi connectivity index (χ2n) is 6.32. The summed E-state index contributed by atoms with van der Waals surface area (Å²) in [6.07, 6.45) is 0.750. The first-order chi connectivity index (χ1) is 15.9. The van der Waals surface area contributed by atoms with Crippen molar-refractivity contribution in [3.8, 4) is 5.75 Å². The van der Waals surface area contributed by atoms with E-state index < -0.39 is 16.5 Å². The Kier molecular flexibility index (Phi) is 22.5. The Morgan fingerprint density at radius 2 is 1.31 bits per heavy atom. The molecule has 192 valence electrons. The van der Waals surface area contributed by atoms with Crippen molar-refractivity contribution in [1.82, 2.24) is 4.90 Å². The largest absolute Gasteiger partial charge is 1.00 e. The molecule has 0 spiro atoms. The molecule has 9 nitrogen and oxygen atoms in total. The highest BCUT2D eigenvalue weighted by Gasteiger charge is 2.10. The molecule has 0 saturated carbocycles. The van der Waals surface area contributed by atoms with Crippen LogP contribution in [-0.2, 0) is 9.59 Å². The molecule has 2 rings (SSSR count). The van der Waals surface area contributed by atoms with Gasteiger partial charge in [0.05, 0.1) is 11.1 Å². The molecular weight excluding hydrogens is 546 g/mol. The second-order valence-corrected chi connectivity index (χ2v) is 7.25. The number of benzene rings is 2. The number of hydrogen-bond acceptors (Lipinski definition) is 6. The smallest absolute Gasteiger partial charge is 0.430 e. The normalized spacial score (nSPS) is 8.31. The first-order valence-corrected chi connectivity index (χ1v) is 10.3. The first-order valence-electron chi connectivity index (χ1n) is 9.07. The average molecular weight is 572 g/mol. The summed E-state index contributed by atoms with van der Waals surface area (Å²) >= 11 is 14.1. The molecule has 1 amide bonds. The van der Waals surface area contributed by atoms with Gasteiger partial charge in [0.1, 0.15) is 19.8 Å². The molecule has 0 atom stereocenters. The van der Waals surface area contributed by atoms with Crippen LogP contribution in [-0.4, -0.2) is 77.8 Å². The molecular formula is C22H26Cl4N2O7+2. The van der Waals surface area contributed by atoms with Gasteiger partial charge in [-0.1, -0.05) is 0 Å². The Hall–Kier alpha value is -2.98. The van der Waals surface area contributed by atoms with Crippen LogP contribution < -0.4 is 17.1 Å². The summed E-state index contributed by atoms with van der Waals surface area (Å²) in [5, 5.41) is 7.51. The van der Waals surface area contributed by atoms with Crippen molar-refractivity contribution in [2.75, 3.05) is 28.2 Å². The molecule has 35 heavy (non-hydrogen) atoms. The van der Waals surface area contributed by atoms with Gasteiger partial charge in [0.25, 0.3) is 11.7 Å². The van der Waals surface area contributed by atoms with Crippen molar-refractivity contribution in [2.24, 2.45) is 0 Å². The maximum absolute atomic E-state index is 10.6. The van der Waals surface area contributed by atoms with Crippen LogP contribution in [0.25, 0.3) is 0 Å². The molecule has 0 aliphatic carbocycles. The van der Waals surface area contributed by atoms with Crippen LogP contribution in [0.1, 0.15) is 31.1 Å². The quantitative estimate of drug-likeness (QED) is 0.198. The Labute approximate surface area is 224 Å². The zero-order chi connectivity index (χ0) is 26.7. The van der Waals surface area contributed by atoms with Crippen LogP contribution in [0.2, 0.25) is 0 Å². The molecule has 0 aliphatic heterocycles. The van der Waals surface area contributed by atoms with Crippen molar-refractivity contribution < 1.29 is 74.0 Å². The Balaban J connectivity index is -0.000000419. The summed E-state index contributed by atoms with van der Waals surface area (Å²) in [7, 11) is 7.17. The highest BCUT2D eigenvalue weighted by Crippen LogP contribution is 2.11. The van der Waals surface area contributed by atoms with Gasteiger partial charge in [-0.25, -0.2) is 9.59 Å². The third kappa shape index (κ3) is 20.1. The van der Waals surface area contributed by atoms with E-state index in [1.807, 2.05) is 18.7 Å². The SMILES string of the molecule is CN(C)C=O.C[N+](C)=C[ClH+].O=C(Cl)c1ccc(C(=O)[ClH+])cc1.O=COc1ccc(C(=O)O)cc1.[Cl-]. The molecule has 0 saturated heterocycles. The van der Waals surface area contributed by atoms with E-state index in [4.69, 9.17) is 16.7 Å². The number of carboxylic acids is 1. The van der Waals surface area contributed by atoms with Crippen LogP contribution in [0.3, 0.4) is 0 Å². The molecule has 1 N–H and O–H groups in total. The van der Waals surface area contributed by atoms with Crippen molar-refractivity contribution in [2.45, 2.75) is 0 Å². The topological polar surface area (TPSA) is 121 Å². The molecule has 0 heterocycles. The van der Waals surface area contributed by atoms with E-state index in [1.165, 1.54) is 53.4 Å². The number of carbonyl (C=O) groups excluding carboxylic acids is 4. The van der Waals surface area contributed by atoms with Crippen molar-refractivity contribution in [3.63, 3.8) is 0 Å². The molecule has 0 fully saturated rings. The number of aromatic carboxylic acids is 1. The molecule has 0 unspecified atom stereocenters. The molecule has 2 aromatic rings. The van der Waals surface area contributed by atoms with Gasteiger partial charge in [0.2, 0.25) is 18.0 Å². The zero-order valence-electron chi connectivity index (χ0n) is 19.2. The van der Waals surface area contributed by atoms with Crippen molar-refractivity contribution in [1.29, 1.82) is 0 Å². The van der Waals surface area contributed by atoms with E-state index in [0.29, 0.717) is 16.9 Å². The minimum atomic E-state index is -1.01. The third-order valence-electron chi connectivity index (χ3n) is 3.05. The van der Waals surface area contributed by atoms with Crippen LogP contribution in [0.5, 0.6) is 5.75 Å². The molecule has 13 heteroatoms. The minimum absolute atomic E-state index is 0. The Morgan fingerprint density at radius 3 is 1.57 bits per heavy atom. The number of nitrogens with zero attached hydrogens (tertiary/aromatic N) is 2. The fourth-order valence-electron chi connectivity index (χ4n) is 1.47. The van der Waals surface area contributed by atoms with E-state index >= 15 is 0 Å². The highest BCUT2D eigenvalue weighted by molar-refractivity contribution is 6.67. The lowest BCUT2D eigenvalue weighted by molar-refractivity contribution is -0.497. The number of halogens is 4. The van der Waals surface area contributed by atoms with Crippen molar-refractivity contribution >= 4 is 46.6 Å². The number of carbonyl (C=O) groups is 5. The lowest BCUT2D eigenvalue weighted by Crippen LogP contribution is -3.00. The van der Waals surface area contributed by atoms with Gasteiger partial charge in [-0.05, 0) is 60.1 Å². The predicted molar refractivity (Wildman–Crippen MR) is 122 cm³/mol. The lowest BCUT2D eigenvalue weighted by Gasteiger charge is -1.96. The summed E-state index contributed by atoms with van der Waals surface area (Å²) in [5.41, 5.74) is 2.50. The summed E-state index contributed by atoms with van der Waals surface area (Å²) in [6, 6.07) is 11.4. The average Bonchev–Trinajstić information content (AvgIpc) is 2.80. The van der Waals surface area contributed by atoms with Crippen LogP contribution in [0, 0.1) is 23.2 Å². The molecule has 0 aliphatic rings. The molecule has 2 aromatic carbocycles. The first kappa shape index (κ1) is 36.6. The third-order valence-corrected chi connectivity index (χ3v) is 3.93. The fourth-order valence-corrected chi connectivity index (χ4v) is 1.73. The molecule has 0 radical (unpaired) electrons. The fraction of sp³-hybridized carbons (Fsp3) is 0.182. The summed E-state index contributed by atoms with van der Waals surface area (Å²) in [4.78, 5) is 52.3. The van der Waals surface area contributed by atoms with E-state index in [2.05, 4.69) is 27.9 Å². The van der Waals surface area contributed by atoms with Crippen LogP contribution in [0.4, 0.5) is 0 Å². The van der Waals surface area contributed by atoms with E-state index in [-0.39, 0.29) is 24.4 Å². The summed E-state index contributed by atoms with van der Waals surface area (Å²) in [6.45, 7) is 0.287. The van der Waals surface area contributed by atoms with Crippen LogP contribution in [0.15, 0.2) is 48.5 Å². The van der Waals surface area contributed by atoms with E-state index in [0.717, 1.165) is 6.41 Å². The number of rotatable bonds is 6. The lowest BCUT2D eigenvalue weighted by atomic mass is 10.2. The predicted octanol–water partition coefficient (Wildman–Crippen LogP) is -1.32. The monoisotopic (exact) mass is 570 g/mol. The summed E-state index contributed by atoms with van der Waals surface area (Å²) < 4.78 is 6.28. The number of ether oxygens (including phenoxy) is 1. The molecule has 0 bridgehead atoms. The van der Waals surface area contributed by atoms with Crippen LogP contribution >= 0.6 is 11.6 Å². The molecule has 0 aromatic heterocycles. The number of hydrogen-bond donors (Lipinski definition) is 1. The van der Waals surface area contributed by atoms with Gasteiger partial charge < -0.3 is 27.2 Å². The van der Waals surface area contributed by atoms with Crippen molar-refractivity contribution in [3.05, 3.63) is 65.2 Å². The standard InChI is InChI=1S/C8H5Cl2O2.C8H6O4.C3H8ClN.C3H7NO.ClH/c9-7(11)5-1-2-6(4-3-5)8(10)12;9-5-12-7-3-1-6(2-4-7)8(10)11;1-5(2)3-4;1-4(2)3-5;/h1-4,9H;1-5H,(H,10,11);3-4H,1-2H3;3H,1-2H3;1H/q+1;;+2;;/p-1. The Morgan fingerprint density at radius 1 is 0.943 bits per heavy atom. The zero-order valence-corrected chi connectivity index (χ0v) is 22.4. The van der Waals surface area contributed by atoms with E-state index in [9.17, 15) is 24.0 Å². The number of carboxylic acid groups (broad SMARTS) is 1. The van der Waals surface area contributed by atoms with Gasteiger partial charge in [-0.15, -0.1) is 0 Å². The number of amides is 1. The maximum Gasteiger partial charge on any atom is 0.430 e. The maximum atomic E-state index is 10.6. The second kappa shape index (κ2) is 21.5. The minimum Gasteiger partial charge on any atom is -1.00 e. The van der Waals surface area contributed by atoms with Gasteiger partial charge in [0, 0.05) is 19.7 Å². The van der Waals surface area contributed by atoms with Gasteiger partial charge >= 0.3 is 16.9 Å². The van der Waals surface area contributed by atoms with Gasteiger partial charge in [-0.3, -0.25) is 14.4 Å². The van der Waals surface area contributed by atoms with E-state index in [1.54, 1.807) is 19.8 Å². The van der Waals surface area contributed by atoms with Gasteiger partial charge in [-0.2, -0.15) is 4.58 Å².